The molecule has 0 aliphatic heterocycles. The predicted octanol–water partition coefficient (Wildman–Crippen LogP) is 3.45. The molecule has 2 nitrogen and oxygen atoms in total. The Labute approximate surface area is 93.3 Å². The molecule has 1 aliphatic carbocycles. The standard InChI is InChI=1S/C11H15BrN2/c12-10-5-11(8-13-7-10)14-6-9-3-1-2-4-9/h5,7-9,14H,1-4,6H2. The van der Waals surface area contributed by atoms with Crippen molar-refractivity contribution >= 4 is 21.6 Å². The predicted molar refractivity (Wildman–Crippen MR) is 62.4 cm³/mol. The second-order valence-corrected chi connectivity index (χ2v) is 4.84. The van der Waals surface area contributed by atoms with Crippen LogP contribution in [0, 0.1) is 5.92 Å². The van der Waals surface area contributed by atoms with E-state index in [0.717, 1.165) is 22.6 Å². The van der Waals surface area contributed by atoms with E-state index in [-0.39, 0.29) is 0 Å². The summed E-state index contributed by atoms with van der Waals surface area (Å²) in [7, 11) is 0. The molecule has 2 rings (SSSR count). The zero-order chi connectivity index (χ0) is 9.80. The monoisotopic (exact) mass is 254 g/mol. The summed E-state index contributed by atoms with van der Waals surface area (Å²) >= 11 is 3.41. The van der Waals surface area contributed by atoms with E-state index in [9.17, 15) is 0 Å². The van der Waals surface area contributed by atoms with Crippen LogP contribution in [0.1, 0.15) is 25.7 Å². The van der Waals surface area contributed by atoms with Gasteiger partial charge in [-0.2, -0.15) is 0 Å². The summed E-state index contributed by atoms with van der Waals surface area (Å²) in [5, 5.41) is 3.43. The number of anilines is 1. The van der Waals surface area contributed by atoms with Gasteiger partial charge in [-0.3, -0.25) is 4.98 Å². The molecule has 1 heterocycles. The van der Waals surface area contributed by atoms with Crippen LogP contribution >= 0.6 is 15.9 Å². The van der Waals surface area contributed by atoms with E-state index < -0.39 is 0 Å². The van der Waals surface area contributed by atoms with Gasteiger partial charge in [-0.1, -0.05) is 12.8 Å². The van der Waals surface area contributed by atoms with Crippen LogP contribution in [0.15, 0.2) is 22.9 Å². The third-order valence-corrected chi connectivity index (χ3v) is 3.21. The number of nitrogens with one attached hydrogen (secondary N) is 1. The van der Waals surface area contributed by atoms with Crippen LogP contribution in [-0.2, 0) is 0 Å². The van der Waals surface area contributed by atoms with Crippen LogP contribution in [0.2, 0.25) is 0 Å². The van der Waals surface area contributed by atoms with Crippen molar-refractivity contribution in [2.45, 2.75) is 25.7 Å². The molecule has 0 unspecified atom stereocenters. The number of pyridine rings is 1. The van der Waals surface area contributed by atoms with Crippen molar-refractivity contribution < 1.29 is 0 Å². The quantitative estimate of drug-likeness (QED) is 0.894. The molecule has 76 valence electrons. The number of halogens is 1. The second-order valence-electron chi connectivity index (χ2n) is 3.92. The first kappa shape index (κ1) is 9.97. The second kappa shape index (κ2) is 4.78. The van der Waals surface area contributed by atoms with Gasteiger partial charge in [-0.05, 0) is 40.8 Å². The van der Waals surface area contributed by atoms with Crippen LogP contribution in [-0.4, -0.2) is 11.5 Å². The number of nitrogens with zero attached hydrogens (tertiary/aromatic N) is 1. The minimum atomic E-state index is 0.869. The Morgan fingerprint density at radius 2 is 2.14 bits per heavy atom. The Morgan fingerprint density at radius 1 is 1.36 bits per heavy atom. The fraction of sp³-hybridized carbons (Fsp3) is 0.545. The molecule has 0 amide bonds. The molecule has 0 radical (unpaired) electrons. The summed E-state index contributed by atoms with van der Waals surface area (Å²) in [4.78, 5) is 4.12. The molecule has 0 bridgehead atoms. The molecule has 1 aromatic rings. The van der Waals surface area contributed by atoms with Crippen LogP contribution in [0.25, 0.3) is 0 Å². The summed E-state index contributed by atoms with van der Waals surface area (Å²) in [6.07, 6.45) is 9.26. The van der Waals surface area contributed by atoms with Gasteiger partial charge in [-0.15, -0.1) is 0 Å². The topological polar surface area (TPSA) is 24.9 Å². The fourth-order valence-electron chi connectivity index (χ4n) is 1.99. The zero-order valence-corrected chi connectivity index (χ0v) is 9.76. The maximum absolute atomic E-state index is 4.12. The molecule has 0 spiro atoms. The van der Waals surface area contributed by atoms with Crippen molar-refractivity contribution in [2.75, 3.05) is 11.9 Å². The molecule has 1 aromatic heterocycles. The van der Waals surface area contributed by atoms with Gasteiger partial charge in [0.2, 0.25) is 0 Å². The first-order valence-corrected chi connectivity index (χ1v) is 5.98. The molecule has 1 fully saturated rings. The van der Waals surface area contributed by atoms with Crippen molar-refractivity contribution in [1.29, 1.82) is 0 Å². The van der Waals surface area contributed by atoms with Crippen LogP contribution in [0.3, 0.4) is 0 Å². The van der Waals surface area contributed by atoms with E-state index in [1.54, 1.807) is 6.20 Å². The molecular weight excluding hydrogens is 240 g/mol. The van der Waals surface area contributed by atoms with Gasteiger partial charge in [0.1, 0.15) is 0 Å². The lowest BCUT2D eigenvalue weighted by Crippen LogP contribution is -2.10. The average Bonchev–Trinajstić information content (AvgIpc) is 2.67. The zero-order valence-electron chi connectivity index (χ0n) is 8.17. The van der Waals surface area contributed by atoms with Crippen molar-refractivity contribution in [3.05, 3.63) is 22.9 Å². The summed E-state index contributed by atoms with van der Waals surface area (Å²) in [6, 6.07) is 2.07. The molecule has 0 saturated heterocycles. The molecule has 1 aliphatic rings. The molecule has 14 heavy (non-hydrogen) atoms. The first-order chi connectivity index (χ1) is 6.84. The lowest BCUT2D eigenvalue weighted by atomic mass is 10.1. The Balaban J connectivity index is 1.85. The van der Waals surface area contributed by atoms with Gasteiger partial charge < -0.3 is 5.32 Å². The molecular formula is C11H15BrN2. The highest BCUT2D eigenvalue weighted by Gasteiger charge is 2.14. The molecule has 1 N–H and O–H groups in total. The largest absolute Gasteiger partial charge is 0.383 e. The van der Waals surface area contributed by atoms with Crippen LogP contribution < -0.4 is 5.32 Å². The van der Waals surface area contributed by atoms with Crippen LogP contribution in [0.5, 0.6) is 0 Å². The number of aromatic nitrogens is 1. The van der Waals surface area contributed by atoms with Gasteiger partial charge in [0.05, 0.1) is 11.9 Å². The third kappa shape index (κ3) is 2.71. The van der Waals surface area contributed by atoms with E-state index in [0.29, 0.717) is 0 Å². The number of rotatable bonds is 3. The lowest BCUT2D eigenvalue weighted by molar-refractivity contribution is 0.580. The van der Waals surface area contributed by atoms with E-state index in [1.165, 1.54) is 25.7 Å². The van der Waals surface area contributed by atoms with E-state index in [4.69, 9.17) is 0 Å². The summed E-state index contributed by atoms with van der Waals surface area (Å²) in [5.41, 5.74) is 1.12. The molecule has 3 heteroatoms. The summed E-state index contributed by atoms with van der Waals surface area (Å²) < 4.78 is 1.04. The summed E-state index contributed by atoms with van der Waals surface area (Å²) in [6.45, 7) is 1.10. The third-order valence-electron chi connectivity index (χ3n) is 2.77. The van der Waals surface area contributed by atoms with Crippen molar-refractivity contribution in [1.82, 2.24) is 4.98 Å². The highest BCUT2D eigenvalue weighted by molar-refractivity contribution is 9.10. The minimum Gasteiger partial charge on any atom is -0.383 e. The maximum Gasteiger partial charge on any atom is 0.0538 e. The summed E-state index contributed by atoms with van der Waals surface area (Å²) in [5.74, 6) is 0.869. The Morgan fingerprint density at radius 3 is 2.86 bits per heavy atom. The fourth-order valence-corrected chi connectivity index (χ4v) is 2.35. The Hall–Kier alpha value is -0.570. The Kier molecular flexibility index (Phi) is 3.40. The average molecular weight is 255 g/mol. The highest BCUT2D eigenvalue weighted by Crippen LogP contribution is 2.25. The highest BCUT2D eigenvalue weighted by atomic mass is 79.9. The van der Waals surface area contributed by atoms with E-state index in [1.807, 2.05) is 6.20 Å². The normalized spacial score (nSPS) is 17.2. The Bertz CT molecular complexity index is 295. The maximum atomic E-state index is 4.12. The van der Waals surface area contributed by atoms with Gasteiger partial charge in [0, 0.05) is 17.2 Å². The van der Waals surface area contributed by atoms with Gasteiger partial charge >= 0.3 is 0 Å². The number of hydrogen-bond donors (Lipinski definition) is 1. The molecule has 1 saturated carbocycles. The smallest absolute Gasteiger partial charge is 0.0538 e. The molecule has 0 aromatic carbocycles. The van der Waals surface area contributed by atoms with E-state index in [2.05, 4.69) is 32.3 Å². The number of hydrogen-bond acceptors (Lipinski definition) is 2. The van der Waals surface area contributed by atoms with Crippen molar-refractivity contribution in [3.63, 3.8) is 0 Å². The minimum absolute atomic E-state index is 0.869. The SMILES string of the molecule is Brc1cncc(NCC2CCCC2)c1. The lowest BCUT2D eigenvalue weighted by Gasteiger charge is -2.11. The van der Waals surface area contributed by atoms with Gasteiger partial charge in [-0.25, -0.2) is 0 Å². The van der Waals surface area contributed by atoms with Gasteiger partial charge in [0.25, 0.3) is 0 Å². The van der Waals surface area contributed by atoms with Crippen LogP contribution in [0.4, 0.5) is 5.69 Å². The molecule has 0 atom stereocenters. The van der Waals surface area contributed by atoms with Crippen molar-refractivity contribution in [3.8, 4) is 0 Å². The first-order valence-electron chi connectivity index (χ1n) is 5.19. The van der Waals surface area contributed by atoms with Gasteiger partial charge in [0.15, 0.2) is 0 Å². The van der Waals surface area contributed by atoms with Crippen molar-refractivity contribution in [2.24, 2.45) is 5.92 Å². The van der Waals surface area contributed by atoms with E-state index >= 15 is 0 Å².